The summed E-state index contributed by atoms with van der Waals surface area (Å²) in [5, 5.41) is 0. The molecule has 0 aromatic rings. The van der Waals surface area contributed by atoms with E-state index in [2.05, 4.69) is 42.2 Å². The molecule has 0 bridgehead atoms. The first-order valence-corrected chi connectivity index (χ1v) is 7.89. The first kappa shape index (κ1) is 20.0. The Balaban J connectivity index is 4.89. The maximum Gasteiger partial charge on any atom is 0.0472 e. The Labute approximate surface area is 135 Å². The van der Waals surface area contributed by atoms with Crippen LogP contribution in [0.1, 0.15) is 48.5 Å². The van der Waals surface area contributed by atoms with Gasteiger partial charge in [-0.1, -0.05) is 6.92 Å². The minimum Gasteiger partial charge on any atom is -0.330 e. The number of nitrogens with two attached hydrogens (primary N) is 1. The molecule has 0 spiro atoms. The van der Waals surface area contributed by atoms with Gasteiger partial charge in [0.05, 0.1) is 0 Å². The monoisotopic (exact) mass is 317 g/mol. The molecule has 3 nitrogen and oxygen atoms in total. The van der Waals surface area contributed by atoms with Gasteiger partial charge >= 0.3 is 0 Å². The summed E-state index contributed by atoms with van der Waals surface area (Å²) in [5.41, 5.74) is 7.84. The standard InChI is InChI=1S/C15H31N3S2/c1-11(13(3,4)19)17-9-15(7,8-16)10-18-12(2)14(5,6)20/h19-20H,8-10,16H2,1-7H3. The molecule has 0 radical (unpaired) electrons. The third-order valence-corrected chi connectivity index (χ3v) is 4.31. The van der Waals surface area contributed by atoms with Gasteiger partial charge < -0.3 is 5.73 Å². The molecular formula is C15H31N3S2. The predicted molar refractivity (Wildman–Crippen MR) is 99.2 cm³/mol. The van der Waals surface area contributed by atoms with Crippen LogP contribution in [0.5, 0.6) is 0 Å². The van der Waals surface area contributed by atoms with Crippen LogP contribution in [0.2, 0.25) is 0 Å². The van der Waals surface area contributed by atoms with Crippen LogP contribution in [0.4, 0.5) is 0 Å². The molecule has 0 atom stereocenters. The quantitative estimate of drug-likeness (QED) is 0.490. The molecule has 0 saturated carbocycles. The molecule has 0 heterocycles. The van der Waals surface area contributed by atoms with Crippen molar-refractivity contribution in [3.63, 3.8) is 0 Å². The van der Waals surface area contributed by atoms with Gasteiger partial charge in [-0.3, -0.25) is 9.98 Å². The lowest BCUT2D eigenvalue weighted by Gasteiger charge is -2.27. The topological polar surface area (TPSA) is 50.7 Å². The highest BCUT2D eigenvalue weighted by Crippen LogP contribution is 2.21. The lowest BCUT2D eigenvalue weighted by atomic mass is 9.90. The molecule has 20 heavy (non-hydrogen) atoms. The van der Waals surface area contributed by atoms with Crippen molar-refractivity contribution in [1.82, 2.24) is 0 Å². The molecule has 0 amide bonds. The van der Waals surface area contributed by atoms with Gasteiger partial charge in [0.2, 0.25) is 0 Å². The van der Waals surface area contributed by atoms with Crippen LogP contribution in [0, 0.1) is 5.41 Å². The lowest BCUT2D eigenvalue weighted by molar-refractivity contribution is 0.362. The van der Waals surface area contributed by atoms with Crippen molar-refractivity contribution < 1.29 is 0 Å². The molecule has 0 fully saturated rings. The summed E-state index contributed by atoms with van der Waals surface area (Å²) in [7, 11) is 0. The van der Waals surface area contributed by atoms with Crippen molar-refractivity contribution in [2.45, 2.75) is 58.0 Å². The molecule has 0 aromatic carbocycles. The van der Waals surface area contributed by atoms with Crippen LogP contribution < -0.4 is 5.73 Å². The zero-order valence-corrected chi connectivity index (χ0v) is 15.8. The molecule has 2 N–H and O–H groups in total. The van der Waals surface area contributed by atoms with E-state index in [1.165, 1.54) is 0 Å². The third kappa shape index (κ3) is 7.14. The summed E-state index contributed by atoms with van der Waals surface area (Å²) in [6.45, 7) is 16.2. The van der Waals surface area contributed by atoms with E-state index in [-0.39, 0.29) is 14.9 Å². The number of aliphatic imine (C=N–C) groups is 2. The maximum absolute atomic E-state index is 5.92. The van der Waals surface area contributed by atoms with Gasteiger partial charge in [-0.25, -0.2) is 0 Å². The first-order chi connectivity index (χ1) is 8.82. The largest absolute Gasteiger partial charge is 0.330 e. The number of nitrogens with zero attached hydrogens (tertiary/aromatic N) is 2. The molecule has 0 saturated heterocycles. The Hall–Kier alpha value is -0.000000000000000111. The van der Waals surface area contributed by atoms with E-state index in [0.29, 0.717) is 19.6 Å². The number of hydrogen-bond donors (Lipinski definition) is 3. The summed E-state index contributed by atoms with van der Waals surface area (Å²) >= 11 is 9.06. The molecule has 0 rings (SSSR count). The summed E-state index contributed by atoms with van der Waals surface area (Å²) in [6, 6.07) is 0. The summed E-state index contributed by atoms with van der Waals surface area (Å²) < 4.78 is -0.385. The fourth-order valence-corrected chi connectivity index (χ4v) is 1.33. The van der Waals surface area contributed by atoms with E-state index in [1.54, 1.807) is 0 Å². The highest BCUT2D eigenvalue weighted by Gasteiger charge is 2.25. The molecule has 118 valence electrons. The predicted octanol–water partition coefficient (Wildman–Crippen LogP) is 3.29. The Morgan fingerprint density at radius 2 is 1.15 bits per heavy atom. The molecule has 5 heteroatoms. The van der Waals surface area contributed by atoms with Crippen LogP contribution in [0.25, 0.3) is 0 Å². The van der Waals surface area contributed by atoms with Gasteiger partial charge in [0.25, 0.3) is 0 Å². The van der Waals surface area contributed by atoms with Crippen LogP contribution in [-0.4, -0.2) is 40.6 Å². The Morgan fingerprint density at radius 1 is 0.850 bits per heavy atom. The zero-order chi connectivity index (χ0) is 16.2. The molecule has 0 aliphatic heterocycles. The highest BCUT2D eigenvalue weighted by atomic mass is 32.1. The van der Waals surface area contributed by atoms with Crippen molar-refractivity contribution in [1.29, 1.82) is 0 Å². The maximum atomic E-state index is 5.92. The number of hydrogen-bond acceptors (Lipinski definition) is 5. The van der Waals surface area contributed by atoms with Crippen LogP contribution in [-0.2, 0) is 0 Å². The van der Waals surface area contributed by atoms with Crippen LogP contribution in [0.3, 0.4) is 0 Å². The van der Waals surface area contributed by atoms with E-state index in [9.17, 15) is 0 Å². The van der Waals surface area contributed by atoms with Gasteiger partial charge in [0.15, 0.2) is 0 Å². The van der Waals surface area contributed by atoms with E-state index in [1.807, 2.05) is 41.5 Å². The third-order valence-electron chi connectivity index (χ3n) is 3.66. The summed E-state index contributed by atoms with van der Waals surface area (Å²) in [4.78, 5) is 9.30. The Kier molecular flexibility index (Phi) is 7.32. The zero-order valence-electron chi connectivity index (χ0n) is 14.0. The first-order valence-electron chi connectivity index (χ1n) is 7.00. The Morgan fingerprint density at radius 3 is 1.35 bits per heavy atom. The van der Waals surface area contributed by atoms with E-state index < -0.39 is 0 Å². The van der Waals surface area contributed by atoms with Gasteiger partial charge in [0, 0.05) is 46.0 Å². The van der Waals surface area contributed by atoms with Gasteiger partial charge in [-0.05, 0) is 41.5 Å². The van der Waals surface area contributed by atoms with Crippen molar-refractivity contribution in [2.75, 3.05) is 19.6 Å². The van der Waals surface area contributed by atoms with Gasteiger partial charge in [-0.15, -0.1) is 0 Å². The van der Waals surface area contributed by atoms with Gasteiger partial charge in [-0.2, -0.15) is 25.3 Å². The molecule has 0 aliphatic rings. The van der Waals surface area contributed by atoms with E-state index >= 15 is 0 Å². The van der Waals surface area contributed by atoms with Crippen molar-refractivity contribution in [3.05, 3.63) is 0 Å². The molecular weight excluding hydrogens is 286 g/mol. The van der Waals surface area contributed by atoms with Crippen molar-refractivity contribution in [3.8, 4) is 0 Å². The van der Waals surface area contributed by atoms with E-state index in [4.69, 9.17) is 5.73 Å². The molecule has 0 aliphatic carbocycles. The average molecular weight is 318 g/mol. The second-order valence-corrected chi connectivity index (χ2v) is 9.17. The van der Waals surface area contributed by atoms with Crippen LogP contribution >= 0.6 is 25.3 Å². The summed E-state index contributed by atoms with van der Waals surface area (Å²) in [6.07, 6.45) is 0. The molecule has 0 unspecified atom stereocenters. The molecule has 0 aromatic heterocycles. The van der Waals surface area contributed by atoms with Crippen molar-refractivity contribution >= 4 is 36.7 Å². The minimum atomic E-state index is -0.193. The SMILES string of the molecule is CC(=NCC(C)(CN)CN=C(C)C(C)(C)S)C(C)(C)S. The smallest absolute Gasteiger partial charge is 0.0472 e. The van der Waals surface area contributed by atoms with Crippen molar-refractivity contribution in [2.24, 2.45) is 21.1 Å². The number of thiol groups is 2. The fraction of sp³-hybridized carbons (Fsp3) is 0.867. The fourth-order valence-electron chi connectivity index (χ4n) is 1.18. The number of rotatable bonds is 7. The minimum absolute atomic E-state index is 0.124. The second-order valence-electron chi connectivity index (χ2n) is 6.94. The highest BCUT2D eigenvalue weighted by molar-refractivity contribution is 7.82. The normalized spacial score (nSPS) is 18.1. The second kappa shape index (κ2) is 7.32. The lowest BCUT2D eigenvalue weighted by Crippen LogP contribution is -2.36. The average Bonchev–Trinajstić information content (AvgIpc) is 2.30. The van der Waals surface area contributed by atoms with Gasteiger partial charge in [0.1, 0.15) is 0 Å². The Bertz CT molecular complexity index is 342. The van der Waals surface area contributed by atoms with E-state index in [0.717, 1.165) is 11.4 Å². The summed E-state index contributed by atoms with van der Waals surface area (Å²) in [5.74, 6) is 0. The van der Waals surface area contributed by atoms with Crippen LogP contribution in [0.15, 0.2) is 9.98 Å².